The highest BCUT2D eigenvalue weighted by molar-refractivity contribution is 5.31. The molecule has 3 rings (SSSR count). The Morgan fingerprint density at radius 2 is 2.00 bits per heavy atom. The van der Waals surface area contributed by atoms with Crippen molar-refractivity contribution in [2.75, 3.05) is 26.8 Å². The lowest BCUT2D eigenvalue weighted by atomic mass is 10.3. The topological polar surface area (TPSA) is 59.8 Å². The summed E-state index contributed by atoms with van der Waals surface area (Å²) >= 11 is 0. The Hall–Kier alpha value is -2.05. The number of imidazole rings is 1. The van der Waals surface area contributed by atoms with Crippen LogP contribution in [0.4, 0.5) is 0 Å². The molecule has 118 valence electrons. The number of fused-ring (bicyclic) bond motifs is 1. The van der Waals surface area contributed by atoms with E-state index in [2.05, 4.69) is 14.5 Å². The maximum absolute atomic E-state index is 10.1. The lowest BCUT2D eigenvalue weighted by Gasteiger charge is -2.29. The van der Waals surface area contributed by atoms with Gasteiger partial charge in [-0.3, -0.25) is 4.90 Å². The Morgan fingerprint density at radius 3 is 2.77 bits per heavy atom. The van der Waals surface area contributed by atoms with Gasteiger partial charge in [-0.05, 0) is 24.3 Å². The van der Waals surface area contributed by atoms with E-state index in [1.807, 2.05) is 36.7 Å². The van der Waals surface area contributed by atoms with E-state index in [1.165, 1.54) is 0 Å². The van der Waals surface area contributed by atoms with Crippen molar-refractivity contribution >= 4 is 0 Å². The molecule has 0 radical (unpaired) electrons. The maximum Gasteiger partial charge on any atom is 0.122 e. The minimum atomic E-state index is -0.524. The van der Waals surface area contributed by atoms with E-state index in [9.17, 15) is 5.11 Å². The fourth-order valence-electron chi connectivity index (χ4n) is 2.59. The second kappa shape index (κ2) is 6.81. The Bertz CT molecular complexity index is 597. The van der Waals surface area contributed by atoms with Crippen molar-refractivity contribution in [1.29, 1.82) is 0 Å². The van der Waals surface area contributed by atoms with Gasteiger partial charge in [-0.15, -0.1) is 0 Å². The number of nitrogens with zero attached hydrogens (tertiary/aromatic N) is 3. The van der Waals surface area contributed by atoms with E-state index in [4.69, 9.17) is 9.47 Å². The van der Waals surface area contributed by atoms with Gasteiger partial charge in [0.1, 0.15) is 30.0 Å². The second-order valence-electron chi connectivity index (χ2n) is 5.41. The summed E-state index contributed by atoms with van der Waals surface area (Å²) in [6.45, 7) is 3.47. The van der Waals surface area contributed by atoms with Crippen molar-refractivity contribution in [3.8, 4) is 11.5 Å². The summed E-state index contributed by atoms with van der Waals surface area (Å²) in [6.07, 6.45) is 3.29. The van der Waals surface area contributed by atoms with Gasteiger partial charge in [0.05, 0.1) is 13.7 Å². The van der Waals surface area contributed by atoms with Crippen LogP contribution in [0.3, 0.4) is 0 Å². The molecule has 1 aliphatic rings. The average molecular weight is 303 g/mol. The molecule has 6 nitrogen and oxygen atoms in total. The molecule has 2 aromatic rings. The van der Waals surface area contributed by atoms with E-state index in [0.717, 1.165) is 37.0 Å². The second-order valence-corrected chi connectivity index (χ2v) is 5.41. The third-order valence-corrected chi connectivity index (χ3v) is 3.79. The largest absolute Gasteiger partial charge is 0.497 e. The van der Waals surface area contributed by atoms with Gasteiger partial charge in [0.25, 0.3) is 0 Å². The quantitative estimate of drug-likeness (QED) is 0.867. The van der Waals surface area contributed by atoms with Crippen LogP contribution < -0.4 is 9.47 Å². The standard InChI is InChI=1S/C16H21N3O3/c1-21-14-2-4-15(5-3-14)22-12-13(20)10-18-8-9-19-7-6-17-16(19)11-18/h2-7,13,20H,8-12H2,1H3. The molecule has 0 spiro atoms. The molecule has 1 aromatic carbocycles. The van der Waals surface area contributed by atoms with Crippen molar-refractivity contribution < 1.29 is 14.6 Å². The first-order valence-corrected chi connectivity index (χ1v) is 7.42. The molecule has 0 saturated carbocycles. The zero-order valence-corrected chi connectivity index (χ0v) is 12.7. The van der Waals surface area contributed by atoms with E-state index in [-0.39, 0.29) is 6.61 Å². The summed E-state index contributed by atoms with van der Waals surface area (Å²) in [7, 11) is 1.63. The fraction of sp³-hybridized carbons (Fsp3) is 0.438. The number of hydrogen-bond acceptors (Lipinski definition) is 5. The van der Waals surface area contributed by atoms with Crippen LogP contribution in [-0.2, 0) is 13.1 Å². The van der Waals surface area contributed by atoms with Gasteiger partial charge in [-0.2, -0.15) is 0 Å². The SMILES string of the molecule is COc1ccc(OCC(O)CN2CCn3ccnc3C2)cc1. The zero-order chi connectivity index (χ0) is 15.4. The summed E-state index contributed by atoms with van der Waals surface area (Å²) in [4.78, 5) is 6.52. The molecule has 0 aliphatic carbocycles. The van der Waals surface area contributed by atoms with Gasteiger partial charge >= 0.3 is 0 Å². The highest BCUT2D eigenvalue weighted by atomic mass is 16.5. The molecule has 0 fully saturated rings. The molecule has 1 aliphatic heterocycles. The zero-order valence-electron chi connectivity index (χ0n) is 12.7. The predicted octanol–water partition coefficient (Wildman–Crippen LogP) is 1.15. The van der Waals surface area contributed by atoms with Crippen molar-refractivity contribution in [2.24, 2.45) is 0 Å². The van der Waals surface area contributed by atoms with Crippen LogP contribution in [0, 0.1) is 0 Å². The van der Waals surface area contributed by atoms with Crippen molar-refractivity contribution in [3.05, 3.63) is 42.5 Å². The first kappa shape index (κ1) is 14.9. The normalized spacial score (nSPS) is 16.1. The van der Waals surface area contributed by atoms with Crippen LogP contribution in [0.15, 0.2) is 36.7 Å². The first-order chi connectivity index (χ1) is 10.7. The fourth-order valence-corrected chi connectivity index (χ4v) is 2.59. The molecule has 2 heterocycles. The molecule has 1 N–H and O–H groups in total. The van der Waals surface area contributed by atoms with Crippen LogP contribution >= 0.6 is 0 Å². The molecule has 0 amide bonds. The average Bonchev–Trinajstić information content (AvgIpc) is 3.01. The van der Waals surface area contributed by atoms with Crippen LogP contribution in [0.2, 0.25) is 0 Å². The van der Waals surface area contributed by atoms with E-state index in [0.29, 0.717) is 6.54 Å². The molecule has 22 heavy (non-hydrogen) atoms. The number of aromatic nitrogens is 2. The lowest BCUT2D eigenvalue weighted by Crippen LogP contribution is -2.40. The van der Waals surface area contributed by atoms with Gasteiger partial charge in [0, 0.05) is 32.0 Å². The van der Waals surface area contributed by atoms with E-state index >= 15 is 0 Å². The summed E-state index contributed by atoms with van der Waals surface area (Å²) in [5.41, 5.74) is 0. The Kier molecular flexibility index (Phi) is 4.60. The first-order valence-electron chi connectivity index (χ1n) is 7.42. The molecule has 1 aromatic heterocycles. The van der Waals surface area contributed by atoms with Crippen molar-refractivity contribution in [1.82, 2.24) is 14.5 Å². The van der Waals surface area contributed by atoms with Crippen LogP contribution in [0.5, 0.6) is 11.5 Å². The number of aliphatic hydroxyl groups is 1. The van der Waals surface area contributed by atoms with Crippen molar-refractivity contribution in [3.63, 3.8) is 0 Å². The number of β-amino-alcohol motifs (C(OH)–C–C–N with tert-alkyl or cyclic N) is 1. The molecule has 0 saturated heterocycles. The Morgan fingerprint density at radius 1 is 1.23 bits per heavy atom. The number of aliphatic hydroxyl groups excluding tert-OH is 1. The summed E-state index contributed by atoms with van der Waals surface area (Å²) in [6, 6.07) is 7.35. The van der Waals surface area contributed by atoms with Crippen molar-refractivity contribution in [2.45, 2.75) is 19.2 Å². The molecule has 6 heteroatoms. The number of hydrogen-bond donors (Lipinski definition) is 1. The van der Waals surface area contributed by atoms with Gasteiger partial charge in [0.15, 0.2) is 0 Å². The maximum atomic E-state index is 10.1. The molecular formula is C16H21N3O3. The minimum absolute atomic E-state index is 0.275. The molecule has 1 unspecified atom stereocenters. The minimum Gasteiger partial charge on any atom is -0.497 e. The third kappa shape index (κ3) is 3.58. The lowest BCUT2D eigenvalue weighted by molar-refractivity contribution is 0.0583. The summed E-state index contributed by atoms with van der Waals surface area (Å²) < 4.78 is 12.9. The predicted molar refractivity (Wildman–Crippen MR) is 82.0 cm³/mol. The van der Waals surface area contributed by atoms with E-state index < -0.39 is 6.10 Å². The summed E-state index contributed by atoms with van der Waals surface area (Å²) in [5.74, 6) is 2.57. The Labute approximate surface area is 129 Å². The molecule has 1 atom stereocenters. The monoisotopic (exact) mass is 303 g/mol. The Balaban J connectivity index is 1.45. The highest BCUT2D eigenvalue weighted by Gasteiger charge is 2.19. The number of rotatable bonds is 6. The summed E-state index contributed by atoms with van der Waals surface area (Å²) in [5, 5.41) is 10.1. The smallest absolute Gasteiger partial charge is 0.122 e. The number of benzene rings is 1. The van der Waals surface area contributed by atoms with Crippen LogP contribution in [0.1, 0.15) is 5.82 Å². The van der Waals surface area contributed by atoms with Crippen LogP contribution in [-0.4, -0.2) is 52.5 Å². The molecular weight excluding hydrogens is 282 g/mol. The van der Waals surface area contributed by atoms with Crippen LogP contribution in [0.25, 0.3) is 0 Å². The number of methoxy groups -OCH3 is 1. The van der Waals surface area contributed by atoms with Gasteiger partial charge in [0.2, 0.25) is 0 Å². The van der Waals surface area contributed by atoms with Gasteiger partial charge in [-0.1, -0.05) is 0 Å². The number of ether oxygens (including phenoxy) is 2. The van der Waals surface area contributed by atoms with E-state index in [1.54, 1.807) is 7.11 Å². The molecule has 0 bridgehead atoms. The van der Waals surface area contributed by atoms with Gasteiger partial charge in [-0.25, -0.2) is 4.98 Å². The van der Waals surface area contributed by atoms with Gasteiger partial charge < -0.3 is 19.1 Å². The highest BCUT2D eigenvalue weighted by Crippen LogP contribution is 2.17. The third-order valence-electron chi connectivity index (χ3n) is 3.79.